The lowest BCUT2D eigenvalue weighted by atomic mass is 9.87. The van der Waals surface area contributed by atoms with Crippen LogP contribution in [0, 0.1) is 11.8 Å². The second-order valence-electron chi connectivity index (χ2n) is 7.05. The zero-order valence-corrected chi connectivity index (χ0v) is 13.7. The molecule has 1 aliphatic heterocycles. The van der Waals surface area contributed by atoms with E-state index in [-0.39, 0.29) is 0 Å². The van der Waals surface area contributed by atoms with Crippen LogP contribution in [0.25, 0.3) is 0 Å². The van der Waals surface area contributed by atoms with Crippen molar-refractivity contribution >= 4 is 10.2 Å². The Bertz CT molecular complexity index is 402. The van der Waals surface area contributed by atoms with Gasteiger partial charge < -0.3 is 5.11 Å². The number of aliphatic hydroxyl groups is 1. The van der Waals surface area contributed by atoms with Gasteiger partial charge >= 0.3 is 0 Å². The van der Waals surface area contributed by atoms with E-state index in [1.165, 1.54) is 4.31 Å². The molecule has 1 rings (SSSR count). The van der Waals surface area contributed by atoms with E-state index in [9.17, 15) is 13.5 Å². The summed E-state index contributed by atoms with van der Waals surface area (Å²) >= 11 is 0. The van der Waals surface area contributed by atoms with Crippen LogP contribution < -0.4 is 4.72 Å². The highest BCUT2D eigenvalue weighted by atomic mass is 32.2. The fourth-order valence-electron chi connectivity index (χ4n) is 2.31. The molecule has 19 heavy (non-hydrogen) atoms. The summed E-state index contributed by atoms with van der Waals surface area (Å²) in [7, 11) is -3.57. The predicted molar refractivity (Wildman–Crippen MR) is 77.0 cm³/mol. The Morgan fingerprint density at radius 2 is 1.53 bits per heavy atom. The van der Waals surface area contributed by atoms with Crippen LogP contribution in [0.4, 0.5) is 0 Å². The Kier molecular flexibility index (Phi) is 4.72. The predicted octanol–water partition coefficient (Wildman–Crippen LogP) is 1.35. The third-order valence-electron chi connectivity index (χ3n) is 4.09. The van der Waals surface area contributed by atoms with E-state index in [0.29, 0.717) is 24.9 Å². The van der Waals surface area contributed by atoms with E-state index >= 15 is 0 Å². The van der Waals surface area contributed by atoms with Gasteiger partial charge in [-0.2, -0.15) is 17.4 Å². The van der Waals surface area contributed by atoms with Gasteiger partial charge in [0.25, 0.3) is 10.2 Å². The first-order chi connectivity index (χ1) is 8.35. The highest BCUT2D eigenvalue weighted by Crippen LogP contribution is 2.26. The van der Waals surface area contributed by atoms with E-state index in [0.717, 1.165) is 6.42 Å². The molecule has 0 saturated carbocycles. The Morgan fingerprint density at radius 3 is 1.89 bits per heavy atom. The number of rotatable bonds is 4. The summed E-state index contributed by atoms with van der Waals surface area (Å²) in [6, 6.07) is 0. The molecule has 114 valence electrons. The molecular formula is C13H28N2O3S. The normalized spacial score (nSPS) is 27.5. The zero-order valence-electron chi connectivity index (χ0n) is 12.9. The molecule has 0 aromatic rings. The van der Waals surface area contributed by atoms with Gasteiger partial charge in [0, 0.05) is 13.1 Å². The van der Waals surface area contributed by atoms with Crippen LogP contribution in [0.3, 0.4) is 0 Å². The summed E-state index contributed by atoms with van der Waals surface area (Å²) in [5.74, 6) is 0.733. The summed E-state index contributed by atoms with van der Waals surface area (Å²) in [5, 5.41) is 10.1. The maximum atomic E-state index is 12.4. The molecule has 0 aromatic carbocycles. The van der Waals surface area contributed by atoms with Gasteiger partial charge in [0.15, 0.2) is 0 Å². The summed E-state index contributed by atoms with van der Waals surface area (Å²) < 4.78 is 29.0. The average molecular weight is 292 g/mol. The fourth-order valence-corrected chi connectivity index (χ4v) is 4.24. The van der Waals surface area contributed by atoms with Gasteiger partial charge in [-0.25, -0.2) is 0 Å². The smallest absolute Gasteiger partial charge is 0.280 e. The highest BCUT2D eigenvalue weighted by molar-refractivity contribution is 7.87. The number of hydrogen-bond donors (Lipinski definition) is 2. The van der Waals surface area contributed by atoms with Gasteiger partial charge in [-0.15, -0.1) is 0 Å². The Labute approximate surface area is 117 Å². The Balaban J connectivity index is 2.87. The lowest BCUT2D eigenvalue weighted by Crippen LogP contribution is -2.61. The van der Waals surface area contributed by atoms with E-state index in [1.807, 2.05) is 0 Å². The third kappa shape index (κ3) is 4.15. The molecule has 5 nitrogen and oxygen atoms in total. The van der Waals surface area contributed by atoms with Crippen LogP contribution in [-0.4, -0.2) is 42.1 Å². The molecule has 0 bridgehead atoms. The SMILES string of the molecule is CC1CC(C)CN(S(=O)(=O)NC(C)(C)C(C)(C)O)C1. The van der Waals surface area contributed by atoms with Crippen molar-refractivity contribution in [2.45, 2.75) is 59.1 Å². The Morgan fingerprint density at radius 1 is 1.11 bits per heavy atom. The van der Waals surface area contributed by atoms with Crippen molar-refractivity contribution < 1.29 is 13.5 Å². The van der Waals surface area contributed by atoms with Gasteiger partial charge in [0.05, 0.1) is 11.1 Å². The van der Waals surface area contributed by atoms with Crippen LogP contribution in [0.1, 0.15) is 48.0 Å². The molecule has 2 N–H and O–H groups in total. The maximum absolute atomic E-state index is 12.4. The maximum Gasteiger partial charge on any atom is 0.280 e. The van der Waals surface area contributed by atoms with Crippen molar-refractivity contribution in [3.8, 4) is 0 Å². The molecule has 1 fully saturated rings. The van der Waals surface area contributed by atoms with Crippen molar-refractivity contribution in [2.75, 3.05) is 13.1 Å². The number of nitrogens with one attached hydrogen (secondary N) is 1. The molecule has 1 heterocycles. The minimum atomic E-state index is -3.57. The molecule has 0 aromatic heterocycles. The molecule has 1 saturated heterocycles. The summed E-state index contributed by atoms with van der Waals surface area (Å²) in [5.41, 5.74) is -2.05. The number of piperidine rings is 1. The minimum absolute atomic E-state index is 0.366. The summed E-state index contributed by atoms with van der Waals surface area (Å²) in [6.07, 6.45) is 1.06. The van der Waals surface area contributed by atoms with Crippen LogP contribution in [0.15, 0.2) is 0 Å². The van der Waals surface area contributed by atoms with Crippen LogP contribution >= 0.6 is 0 Å². The molecule has 0 radical (unpaired) electrons. The van der Waals surface area contributed by atoms with Crippen LogP contribution in [-0.2, 0) is 10.2 Å². The van der Waals surface area contributed by atoms with Crippen molar-refractivity contribution in [3.05, 3.63) is 0 Å². The first-order valence-corrected chi connectivity index (χ1v) is 8.30. The van der Waals surface area contributed by atoms with Crippen molar-refractivity contribution in [1.82, 2.24) is 9.03 Å². The standard InChI is InChI=1S/C13H28N2O3S/c1-10-7-11(2)9-15(8-10)19(17,18)14-12(3,4)13(5,6)16/h10-11,14,16H,7-9H2,1-6H3. The third-order valence-corrected chi connectivity index (χ3v) is 5.84. The van der Waals surface area contributed by atoms with E-state index < -0.39 is 21.3 Å². The second kappa shape index (κ2) is 5.31. The fraction of sp³-hybridized carbons (Fsp3) is 1.00. The summed E-state index contributed by atoms with van der Waals surface area (Å²) in [6.45, 7) is 11.8. The second-order valence-corrected chi connectivity index (χ2v) is 8.72. The average Bonchev–Trinajstić information content (AvgIpc) is 2.12. The highest BCUT2D eigenvalue weighted by Gasteiger charge is 2.41. The first kappa shape index (κ1) is 16.9. The van der Waals surface area contributed by atoms with Gasteiger partial charge in [-0.1, -0.05) is 13.8 Å². The molecule has 0 amide bonds. The zero-order chi connectivity index (χ0) is 15.1. The molecular weight excluding hydrogens is 264 g/mol. The molecule has 6 heteroatoms. The monoisotopic (exact) mass is 292 g/mol. The Hall–Kier alpha value is -0.170. The van der Waals surface area contributed by atoms with Crippen molar-refractivity contribution in [1.29, 1.82) is 0 Å². The van der Waals surface area contributed by atoms with Gasteiger partial charge in [0.2, 0.25) is 0 Å². The number of hydrogen-bond acceptors (Lipinski definition) is 3. The van der Waals surface area contributed by atoms with E-state index in [1.54, 1.807) is 27.7 Å². The molecule has 1 aliphatic rings. The molecule has 0 aliphatic carbocycles. The lowest BCUT2D eigenvalue weighted by Gasteiger charge is -2.41. The quantitative estimate of drug-likeness (QED) is 0.821. The molecule has 2 atom stereocenters. The topological polar surface area (TPSA) is 69.6 Å². The lowest BCUT2D eigenvalue weighted by molar-refractivity contribution is 0.00534. The van der Waals surface area contributed by atoms with Crippen LogP contribution in [0.2, 0.25) is 0 Å². The summed E-state index contributed by atoms with van der Waals surface area (Å²) in [4.78, 5) is 0. The molecule has 2 unspecified atom stereocenters. The minimum Gasteiger partial charge on any atom is -0.389 e. The van der Waals surface area contributed by atoms with Crippen molar-refractivity contribution in [2.24, 2.45) is 11.8 Å². The largest absolute Gasteiger partial charge is 0.389 e. The van der Waals surface area contributed by atoms with Crippen LogP contribution in [0.5, 0.6) is 0 Å². The molecule has 0 spiro atoms. The number of nitrogens with zero attached hydrogens (tertiary/aromatic N) is 1. The van der Waals surface area contributed by atoms with Gasteiger partial charge in [-0.3, -0.25) is 0 Å². The van der Waals surface area contributed by atoms with Gasteiger partial charge in [0.1, 0.15) is 0 Å². The van der Waals surface area contributed by atoms with E-state index in [2.05, 4.69) is 18.6 Å². The first-order valence-electron chi connectivity index (χ1n) is 6.86. The van der Waals surface area contributed by atoms with Crippen molar-refractivity contribution in [3.63, 3.8) is 0 Å². The van der Waals surface area contributed by atoms with Gasteiger partial charge in [-0.05, 0) is 46.0 Å². The van der Waals surface area contributed by atoms with E-state index in [4.69, 9.17) is 0 Å².